The maximum absolute atomic E-state index is 6.61. The van der Waals surface area contributed by atoms with E-state index in [4.69, 9.17) is 19.7 Å². The Hall–Kier alpha value is -7.63. The molecule has 1 spiro atoms. The standard InChI is InChI=1S/C52H32N4O/c1-3-16-33(17-4-1)49-53-50(34-18-5-2-6-19-34)55-51(54-49)35-20-15-21-36(30-35)56-45-27-12-8-23-38(45)40-31-44-39(32-46(40)56)37-22-7-9-24-41(37)52(44)42-25-10-13-28-47(42)57-48-29-14-11-26-43(48)52/h1-32H. The lowest BCUT2D eigenvalue weighted by Crippen LogP contribution is -2.32. The van der Waals surface area contributed by atoms with Crippen LogP contribution in [0.2, 0.25) is 0 Å². The third-order valence-electron chi connectivity index (χ3n) is 11.7. The Morgan fingerprint density at radius 1 is 0.368 bits per heavy atom. The lowest BCUT2D eigenvalue weighted by Gasteiger charge is -2.39. The van der Waals surface area contributed by atoms with E-state index in [-0.39, 0.29) is 0 Å². The second kappa shape index (κ2) is 12.2. The largest absolute Gasteiger partial charge is 0.457 e. The van der Waals surface area contributed by atoms with Gasteiger partial charge in [0, 0.05) is 44.3 Å². The number of benzene rings is 8. The van der Waals surface area contributed by atoms with Crippen LogP contribution in [-0.4, -0.2) is 19.5 Å². The van der Waals surface area contributed by atoms with Gasteiger partial charge in [0.1, 0.15) is 11.5 Å². The molecule has 2 aromatic heterocycles. The van der Waals surface area contributed by atoms with Crippen molar-refractivity contribution in [3.63, 3.8) is 0 Å². The molecule has 0 atom stereocenters. The first kappa shape index (κ1) is 31.7. The van der Waals surface area contributed by atoms with Gasteiger partial charge in [-0.15, -0.1) is 0 Å². The van der Waals surface area contributed by atoms with Crippen LogP contribution in [0, 0.1) is 0 Å². The van der Waals surface area contributed by atoms with Crippen molar-refractivity contribution >= 4 is 21.8 Å². The molecule has 0 fully saturated rings. The molecule has 5 heteroatoms. The van der Waals surface area contributed by atoms with Gasteiger partial charge in [0.25, 0.3) is 0 Å². The van der Waals surface area contributed by atoms with Gasteiger partial charge >= 0.3 is 0 Å². The molecule has 1 aliphatic heterocycles. The van der Waals surface area contributed by atoms with E-state index in [1.165, 1.54) is 33.0 Å². The van der Waals surface area contributed by atoms with Crippen molar-refractivity contribution in [1.29, 1.82) is 0 Å². The average Bonchev–Trinajstić information content (AvgIpc) is 3.76. The zero-order valence-corrected chi connectivity index (χ0v) is 30.7. The number of rotatable bonds is 4. The number of hydrogen-bond donors (Lipinski definition) is 0. The first-order chi connectivity index (χ1) is 28.3. The SMILES string of the molecule is c1ccc(-c2nc(-c3ccccc3)nc(-c3cccc(-n4c5ccccc5c5cc6c(cc54)-c4ccccc4C64c5ccccc5Oc5ccccc54)c3)n2)cc1. The molecule has 0 radical (unpaired) electrons. The van der Waals surface area contributed by atoms with Gasteiger partial charge in [-0.05, 0) is 64.7 Å². The van der Waals surface area contributed by atoms with Crippen LogP contribution in [-0.2, 0) is 5.41 Å². The minimum atomic E-state index is -0.541. The van der Waals surface area contributed by atoms with Crippen LogP contribution in [0.3, 0.4) is 0 Å². The van der Waals surface area contributed by atoms with Crippen molar-refractivity contribution < 1.29 is 4.74 Å². The molecule has 2 aliphatic rings. The second-order valence-corrected chi connectivity index (χ2v) is 14.7. The minimum Gasteiger partial charge on any atom is -0.457 e. The Labute approximate surface area is 329 Å². The Bertz CT molecular complexity index is 3120. The Balaban J connectivity index is 1.10. The smallest absolute Gasteiger partial charge is 0.164 e. The van der Waals surface area contributed by atoms with Crippen LogP contribution < -0.4 is 4.74 Å². The van der Waals surface area contributed by atoms with E-state index < -0.39 is 5.41 Å². The number of nitrogens with zero attached hydrogens (tertiary/aromatic N) is 4. The van der Waals surface area contributed by atoms with E-state index in [1.54, 1.807) is 0 Å². The highest BCUT2D eigenvalue weighted by atomic mass is 16.5. The van der Waals surface area contributed by atoms with Crippen molar-refractivity contribution in [2.24, 2.45) is 0 Å². The third kappa shape index (κ3) is 4.60. The molecule has 0 saturated carbocycles. The monoisotopic (exact) mass is 728 g/mol. The number of para-hydroxylation sites is 3. The second-order valence-electron chi connectivity index (χ2n) is 14.7. The molecule has 3 heterocycles. The van der Waals surface area contributed by atoms with E-state index in [0.717, 1.165) is 56.0 Å². The Kier molecular flexibility index (Phi) is 6.78. The molecule has 5 nitrogen and oxygen atoms in total. The zero-order valence-electron chi connectivity index (χ0n) is 30.7. The van der Waals surface area contributed by atoms with Crippen LogP contribution in [0.4, 0.5) is 0 Å². The summed E-state index contributed by atoms with van der Waals surface area (Å²) in [5.41, 5.74) is 12.9. The lowest BCUT2D eigenvalue weighted by molar-refractivity contribution is 0.436. The quantitative estimate of drug-likeness (QED) is 0.181. The summed E-state index contributed by atoms with van der Waals surface area (Å²) in [5, 5.41) is 2.39. The average molecular weight is 729 g/mol. The Morgan fingerprint density at radius 2 is 0.912 bits per heavy atom. The molecule has 57 heavy (non-hydrogen) atoms. The summed E-state index contributed by atoms with van der Waals surface area (Å²) >= 11 is 0. The zero-order chi connectivity index (χ0) is 37.5. The fourth-order valence-electron chi connectivity index (χ4n) is 9.31. The van der Waals surface area contributed by atoms with Gasteiger partial charge in [-0.3, -0.25) is 0 Å². The number of fused-ring (bicyclic) bond motifs is 12. The van der Waals surface area contributed by atoms with Crippen LogP contribution in [0.1, 0.15) is 22.3 Å². The minimum absolute atomic E-state index is 0.541. The summed E-state index contributed by atoms with van der Waals surface area (Å²) in [4.78, 5) is 15.1. The van der Waals surface area contributed by atoms with E-state index in [1.807, 2.05) is 60.7 Å². The van der Waals surface area contributed by atoms with E-state index in [9.17, 15) is 0 Å². The van der Waals surface area contributed by atoms with Crippen molar-refractivity contribution in [3.05, 3.63) is 216 Å². The lowest BCUT2D eigenvalue weighted by atomic mass is 9.66. The number of hydrogen-bond acceptors (Lipinski definition) is 4. The van der Waals surface area contributed by atoms with Crippen molar-refractivity contribution in [2.45, 2.75) is 5.41 Å². The van der Waals surface area contributed by atoms with Gasteiger partial charge < -0.3 is 9.30 Å². The fourth-order valence-corrected chi connectivity index (χ4v) is 9.31. The highest BCUT2D eigenvalue weighted by Crippen LogP contribution is 2.62. The Morgan fingerprint density at radius 3 is 1.60 bits per heavy atom. The predicted molar refractivity (Wildman–Crippen MR) is 228 cm³/mol. The first-order valence-electron chi connectivity index (χ1n) is 19.3. The van der Waals surface area contributed by atoms with Crippen molar-refractivity contribution in [1.82, 2.24) is 19.5 Å². The topological polar surface area (TPSA) is 52.8 Å². The predicted octanol–water partition coefficient (Wildman–Crippen LogP) is 12.4. The van der Waals surface area contributed by atoms with Crippen LogP contribution in [0.5, 0.6) is 11.5 Å². The van der Waals surface area contributed by atoms with E-state index >= 15 is 0 Å². The third-order valence-corrected chi connectivity index (χ3v) is 11.7. The maximum Gasteiger partial charge on any atom is 0.164 e. The molecule has 0 N–H and O–H groups in total. The molecule has 10 aromatic rings. The van der Waals surface area contributed by atoms with Crippen molar-refractivity contribution in [2.75, 3.05) is 0 Å². The van der Waals surface area contributed by atoms with Gasteiger partial charge in [0.05, 0.1) is 16.4 Å². The summed E-state index contributed by atoms with van der Waals surface area (Å²) in [6.07, 6.45) is 0. The normalized spacial score (nSPS) is 13.2. The van der Waals surface area contributed by atoms with E-state index in [2.05, 4.69) is 138 Å². The van der Waals surface area contributed by atoms with Crippen molar-refractivity contribution in [3.8, 4) is 62.5 Å². The van der Waals surface area contributed by atoms with Gasteiger partial charge in [0.2, 0.25) is 0 Å². The first-order valence-corrected chi connectivity index (χ1v) is 19.3. The van der Waals surface area contributed by atoms with Crippen LogP contribution >= 0.6 is 0 Å². The van der Waals surface area contributed by atoms with Gasteiger partial charge in [-0.1, -0.05) is 152 Å². The summed E-state index contributed by atoms with van der Waals surface area (Å²) in [6.45, 7) is 0. The molecule has 0 saturated heterocycles. The van der Waals surface area contributed by atoms with Gasteiger partial charge in [-0.2, -0.15) is 0 Å². The summed E-state index contributed by atoms with van der Waals surface area (Å²) in [5.74, 6) is 3.69. The molecule has 0 bridgehead atoms. The summed E-state index contributed by atoms with van der Waals surface area (Å²) in [7, 11) is 0. The fraction of sp³-hybridized carbons (Fsp3) is 0.0192. The molecular weight excluding hydrogens is 697 g/mol. The molecule has 12 rings (SSSR count). The molecule has 8 aromatic carbocycles. The highest BCUT2D eigenvalue weighted by Gasteiger charge is 2.51. The van der Waals surface area contributed by atoms with Crippen LogP contribution in [0.25, 0.3) is 72.8 Å². The van der Waals surface area contributed by atoms with Gasteiger partial charge in [0.15, 0.2) is 17.5 Å². The molecule has 266 valence electrons. The number of aromatic nitrogens is 4. The highest BCUT2D eigenvalue weighted by molar-refractivity contribution is 6.12. The number of ether oxygens (including phenoxy) is 1. The maximum atomic E-state index is 6.61. The molecule has 0 unspecified atom stereocenters. The van der Waals surface area contributed by atoms with Gasteiger partial charge in [-0.25, -0.2) is 15.0 Å². The van der Waals surface area contributed by atoms with E-state index in [0.29, 0.717) is 17.5 Å². The molecular formula is C52H32N4O. The summed E-state index contributed by atoms with van der Waals surface area (Å²) in [6, 6.07) is 68.4. The molecule has 0 amide bonds. The molecule has 1 aliphatic carbocycles. The summed E-state index contributed by atoms with van der Waals surface area (Å²) < 4.78 is 9.00. The van der Waals surface area contributed by atoms with Crippen LogP contribution in [0.15, 0.2) is 194 Å².